The standard InChI is InChI=1S/C15H16FN3O2/c1-2-21-15(20)13(11-5-3-4-6-12(11)16)14-18-17-9-19(14)10-7-8-10/h3-6,9-10,13H,2,7-8H2,1H3. The maximum atomic E-state index is 14.1. The fourth-order valence-corrected chi connectivity index (χ4v) is 2.40. The topological polar surface area (TPSA) is 57.0 Å². The van der Waals surface area contributed by atoms with Crippen molar-refractivity contribution < 1.29 is 13.9 Å². The number of hydrogen-bond donors (Lipinski definition) is 0. The van der Waals surface area contributed by atoms with Gasteiger partial charge in [0.05, 0.1) is 6.61 Å². The van der Waals surface area contributed by atoms with Gasteiger partial charge in [-0.05, 0) is 25.8 Å². The van der Waals surface area contributed by atoms with Crippen molar-refractivity contribution in [1.82, 2.24) is 14.8 Å². The molecule has 0 radical (unpaired) electrons. The molecule has 2 aromatic rings. The average Bonchev–Trinajstić information content (AvgIpc) is 3.21. The van der Waals surface area contributed by atoms with Crippen molar-refractivity contribution in [2.24, 2.45) is 0 Å². The summed E-state index contributed by atoms with van der Waals surface area (Å²) in [6.07, 6.45) is 3.65. The molecule has 0 amide bonds. The molecule has 110 valence electrons. The maximum absolute atomic E-state index is 14.1. The van der Waals surface area contributed by atoms with Crippen LogP contribution in [0.3, 0.4) is 0 Å². The molecule has 1 unspecified atom stereocenters. The van der Waals surface area contributed by atoms with E-state index in [9.17, 15) is 9.18 Å². The molecule has 1 aromatic carbocycles. The second kappa shape index (κ2) is 5.63. The molecule has 6 heteroatoms. The molecular weight excluding hydrogens is 273 g/mol. The van der Waals surface area contributed by atoms with E-state index in [2.05, 4.69) is 10.2 Å². The Kier molecular flexibility index (Phi) is 3.68. The molecule has 1 atom stereocenters. The number of ether oxygens (including phenoxy) is 1. The molecule has 1 saturated carbocycles. The fraction of sp³-hybridized carbons (Fsp3) is 0.400. The van der Waals surface area contributed by atoms with Gasteiger partial charge in [0.1, 0.15) is 18.1 Å². The summed E-state index contributed by atoms with van der Waals surface area (Å²) in [6, 6.07) is 6.51. The van der Waals surface area contributed by atoms with E-state index in [1.54, 1.807) is 31.5 Å². The summed E-state index contributed by atoms with van der Waals surface area (Å²) in [6.45, 7) is 1.96. The number of esters is 1. The first-order valence-electron chi connectivity index (χ1n) is 7.02. The van der Waals surface area contributed by atoms with Crippen LogP contribution in [0.5, 0.6) is 0 Å². The summed E-state index contributed by atoms with van der Waals surface area (Å²) < 4.78 is 21.1. The Balaban J connectivity index is 2.06. The highest BCUT2D eigenvalue weighted by atomic mass is 19.1. The number of nitrogens with zero attached hydrogens (tertiary/aromatic N) is 3. The van der Waals surface area contributed by atoms with Gasteiger partial charge < -0.3 is 9.30 Å². The third-order valence-electron chi connectivity index (χ3n) is 3.54. The molecule has 1 aliphatic rings. The number of carbonyl (C=O) groups excluding carboxylic acids is 1. The third kappa shape index (κ3) is 2.66. The summed E-state index contributed by atoms with van der Waals surface area (Å²) >= 11 is 0. The van der Waals surface area contributed by atoms with Crippen LogP contribution in [0.15, 0.2) is 30.6 Å². The van der Waals surface area contributed by atoms with Crippen LogP contribution in [-0.2, 0) is 9.53 Å². The number of rotatable bonds is 5. The van der Waals surface area contributed by atoms with Gasteiger partial charge in [-0.1, -0.05) is 18.2 Å². The van der Waals surface area contributed by atoms with Crippen molar-refractivity contribution in [2.75, 3.05) is 6.61 Å². The van der Waals surface area contributed by atoms with Crippen LogP contribution >= 0.6 is 0 Å². The predicted molar refractivity (Wildman–Crippen MR) is 73.2 cm³/mol. The van der Waals surface area contributed by atoms with Crippen LogP contribution in [-0.4, -0.2) is 27.3 Å². The van der Waals surface area contributed by atoms with E-state index in [1.807, 2.05) is 4.57 Å². The highest BCUT2D eigenvalue weighted by Crippen LogP contribution is 2.38. The lowest BCUT2D eigenvalue weighted by Gasteiger charge is -2.17. The van der Waals surface area contributed by atoms with Gasteiger partial charge in [-0.3, -0.25) is 4.79 Å². The first-order valence-corrected chi connectivity index (χ1v) is 7.02. The lowest BCUT2D eigenvalue weighted by molar-refractivity contribution is -0.144. The van der Waals surface area contributed by atoms with Crippen molar-refractivity contribution in [2.45, 2.75) is 31.7 Å². The monoisotopic (exact) mass is 289 g/mol. The SMILES string of the molecule is CCOC(=O)C(c1ccccc1F)c1nncn1C1CC1. The quantitative estimate of drug-likeness (QED) is 0.793. The van der Waals surface area contributed by atoms with E-state index in [0.29, 0.717) is 11.9 Å². The van der Waals surface area contributed by atoms with E-state index < -0.39 is 17.7 Å². The zero-order chi connectivity index (χ0) is 14.8. The molecule has 0 spiro atoms. The van der Waals surface area contributed by atoms with E-state index in [1.165, 1.54) is 6.07 Å². The van der Waals surface area contributed by atoms with Crippen LogP contribution in [0.25, 0.3) is 0 Å². The fourth-order valence-electron chi connectivity index (χ4n) is 2.40. The summed E-state index contributed by atoms with van der Waals surface area (Å²) in [5.74, 6) is -1.38. The lowest BCUT2D eigenvalue weighted by Crippen LogP contribution is -2.22. The minimum absolute atomic E-state index is 0.237. The second-order valence-electron chi connectivity index (χ2n) is 5.03. The summed E-state index contributed by atoms with van der Waals surface area (Å²) in [4.78, 5) is 12.3. The van der Waals surface area contributed by atoms with E-state index >= 15 is 0 Å². The first kappa shape index (κ1) is 13.7. The number of hydrogen-bond acceptors (Lipinski definition) is 4. The Labute approximate surface area is 121 Å². The lowest BCUT2D eigenvalue weighted by atomic mass is 9.97. The van der Waals surface area contributed by atoms with Gasteiger partial charge in [-0.15, -0.1) is 10.2 Å². The van der Waals surface area contributed by atoms with Gasteiger partial charge >= 0.3 is 5.97 Å². The first-order chi connectivity index (χ1) is 10.2. The highest BCUT2D eigenvalue weighted by molar-refractivity contribution is 5.81. The number of aromatic nitrogens is 3. The van der Waals surface area contributed by atoms with Crippen LogP contribution in [0.1, 0.15) is 43.1 Å². The Bertz CT molecular complexity index is 652. The molecule has 3 rings (SSSR count). The zero-order valence-electron chi connectivity index (χ0n) is 11.7. The highest BCUT2D eigenvalue weighted by Gasteiger charge is 2.35. The Morgan fingerprint density at radius 2 is 2.24 bits per heavy atom. The molecule has 1 fully saturated rings. The minimum Gasteiger partial charge on any atom is -0.465 e. The van der Waals surface area contributed by atoms with Crippen LogP contribution < -0.4 is 0 Å². The zero-order valence-corrected chi connectivity index (χ0v) is 11.7. The van der Waals surface area contributed by atoms with Crippen molar-refractivity contribution >= 4 is 5.97 Å². The molecule has 1 aliphatic carbocycles. The number of benzene rings is 1. The Morgan fingerprint density at radius 3 is 2.90 bits per heavy atom. The van der Waals surface area contributed by atoms with E-state index in [-0.39, 0.29) is 12.2 Å². The van der Waals surface area contributed by atoms with Crippen LogP contribution in [0.2, 0.25) is 0 Å². The minimum atomic E-state index is -0.880. The normalized spacial score (nSPS) is 15.7. The van der Waals surface area contributed by atoms with Gasteiger partial charge in [0.15, 0.2) is 5.82 Å². The molecule has 0 saturated heterocycles. The van der Waals surface area contributed by atoms with Crippen LogP contribution in [0.4, 0.5) is 4.39 Å². The van der Waals surface area contributed by atoms with Gasteiger partial charge in [-0.25, -0.2) is 4.39 Å². The third-order valence-corrected chi connectivity index (χ3v) is 3.54. The summed E-state index contributed by atoms with van der Waals surface area (Å²) in [7, 11) is 0. The Morgan fingerprint density at radius 1 is 1.48 bits per heavy atom. The molecule has 21 heavy (non-hydrogen) atoms. The maximum Gasteiger partial charge on any atom is 0.321 e. The summed E-state index contributed by atoms with van der Waals surface area (Å²) in [5, 5.41) is 7.93. The van der Waals surface area contributed by atoms with E-state index in [0.717, 1.165) is 12.8 Å². The van der Waals surface area contributed by atoms with Crippen molar-refractivity contribution in [3.63, 3.8) is 0 Å². The molecule has 0 bridgehead atoms. The van der Waals surface area contributed by atoms with Gasteiger partial charge in [0.2, 0.25) is 0 Å². The van der Waals surface area contributed by atoms with Crippen LogP contribution in [0, 0.1) is 5.82 Å². The molecule has 1 heterocycles. The van der Waals surface area contributed by atoms with E-state index in [4.69, 9.17) is 4.74 Å². The molecule has 0 N–H and O–H groups in total. The predicted octanol–water partition coefficient (Wildman–Crippen LogP) is 2.45. The summed E-state index contributed by atoms with van der Waals surface area (Å²) in [5.41, 5.74) is 0.269. The number of halogens is 1. The van der Waals surface area contributed by atoms with Gasteiger partial charge in [0, 0.05) is 11.6 Å². The molecule has 0 aliphatic heterocycles. The largest absolute Gasteiger partial charge is 0.465 e. The van der Waals surface area contributed by atoms with Gasteiger partial charge in [-0.2, -0.15) is 0 Å². The Hall–Kier alpha value is -2.24. The smallest absolute Gasteiger partial charge is 0.321 e. The molecule has 5 nitrogen and oxygen atoms in total. The molecule has 1 aromatic heterocycles. The average molecular weight is 289 g/mol. The second-order valence-corrected chi connectivity index (χ2v) is 5.03. The molecular formula is C15H16FN3O2. The number of carbonyl (C=O) groups is 1. The van der Waals surface area contributed by atoms with Gasteiger partial charge in [0.25, 0.3) is 0 Å². The van der Waals surface area contributed by atoms with Crippen molar-refractivity contribution in [1.29, 1.82) is 0 Å². The van der Waals surface area contributed by atoms with Crippen molar-refractivity contribution in [3.8, 4) is 0 Å². The van der Waals surface area contributed by atoms with Crippen molar-refractivity contribution in [3.05, 3.63) is 47.8 Å².